The van der Waals surface area contributed by atoms with Crippen LogP contribution in [-0.4, -0.2) is 35.0 Å². The molecule has 1 heterocycles. The largest absolute Gasteiger partial charge is 0.455 e. The van der Waals surface area contributed by atoms with Crippen LogP contribution in [0.2, 0.25) is 0 Å². The molecule has 1 fully saturated rings. The fourth-order valence-electron chi connectivity index (χ4n) is 2.63. The van der Waals surface area contributed by atoms with Crippen LogP contribution in [0, 0.1) is 24.2 Å². The summed E-state index contributed by atoms with van der Waals surface area (Å²) < 4.78 is 11.1. The molecule has 0 spiro atoms. The average molecular weight is 268 g/mol. The zero-order valence-electron chi connectivity index (χ0n) is 12.3. The van der Waals surface area contributed by atoms with Gasteiger partial charge in [0.15, 0.2) is 11.7 Å². The maximum Gasteiger partial charge on any atom is 0.303 e. The number of aliphatic hydroxyl groups is 1. The Morgan fingerprint density at radius 2 is 2.05 bits per heavy atom. The first-order valence-electron chi connectivity index (χ1n) is 6.75. The normalized spacial score (nSPS) is 34.6. The molecule has 0 bridgehead atoms. The van der Waals surface area contributed by atoms with Crippen molar-refractivity contribution in [3.05, 3.63) is 0 Å². The molecule has 0 amide bonds. The lowest BCUT2D eigenvalue weighted by atomic mass is 9.84. The molecule has 0 aromatic rings. The third kappa shape index (κ3) is 3.29. The molecule has 1 N–H and O–H groups in total. The molecular weight excluding hydrogens is 244 g/mol. The van der Waals surface area contributed by atoms with Crippen LogP contribution >= 0.6 is 0 Å². The Morgan fingerprint density at radius 1 is 1.47 bits per heavy atom. The summed E-state index contributed by atoms with van der Waals surface area (Å²) in [5.41, 5.74) is -1.56. The van der Waals surface area contributed by atoms with Gasteiger partial charge in [-0.1, -0.05) is 33.6 Å². The van der Waals surface area contributed by atoms with Crippen LogP contribution in [0.25, 0.3) is 0 Å². The van der Waals surface area contributed by atoms with Gasteiger partial charge in [0, 0.05) is 6.92 Å². The third-order valence-electron chi connectivity index (χ3n) is 3.36. The Kier molecular flexibility index (Phi) is 5.00. The minimum absolute atomic E-state index is 0.0382. The molecule has 0 saturated carbocycles. The maximum absolute atomic E-state index is 11.3. The molecule has 1 saturated heterocycles. The van der Waals surface area contributed by atoms with E-state index in [0.717, 1.165) is 0 Å². The van der Waals surface area contributed by atoms with Gasteiger partial charge in [0.05, 0.1) is 6.10 Å². The number of carbonyl (C=O) groups excluding carboxylic acids is 1. The van der Waals surface area contributed by atoms with E-state index in [9.17, 15) is 9.90 Å². The summed E-state index contributed by atoms with van der Waals surface area (Å²) in [6.07, 6.45) is 4.48. The number of esters is 1. The minimum atomic E-state index is -1.56. The van der Waals surface area contributed by atoms with Crippen molar-refractivity contribution in [3.8, 4) is 12.3 Å². The Morgan fingerprint density at radius 3 is 2.42 bits per heavy atom. The zero-order valence-corrected chi connectivity index (χ0v) is 12.3. The lowest BCUT2D eigenvalue weighted by molar-refractivity contribution is -0.156. The predicted molar refractivity (Wildman–Crippen MR) is 72.3 cm³/mol. The molecule has 0 radical (unpaired) electrons. The summed E-state index contributed by atoms with van der Waals surface area (Å²) in [6.45, 7) is 9.26. The van der Waals surface area contributed by atoms with E-state index in [-0.39, 0.29) is 12.0 Å². The second kappa shape index (κ2) is 5.94. The first kappa shape index (κ1) is 16.0. The Balaban J connectivity index is 3.07. The number of terminal acetylenes is 1. The van der Waals surface area contributed by atoms with Gasteiger partial charge >= 0.3 is 5.97 Å². The topological polar surface area (TPSA) is 55.8 Å². The molecular formula is C15H24O4. The minimum Gasteiger partial charge on any atom is -0.455 e. The highest BCUT2D eigenvalue weighted by Crippen LogP contribution is 2.39. The molecule has 4 heteroatoms. The summed E-state index contributed by atoms with van der Waals surface area (Å²) in [5, 5.41) is 10.7. The molecule has 0 aliphatic carbocycles. The van der Waals surface area contributed by atoms with Crippen molar-refractivity contribution in [2.75, 3.05) is 0 Å². The molecule has 0 unspecified atom stereocenters. The number of hydrogen-bond acceptors (Lipinski definition) is 4. The van der Waals surface area contributed by atoms with Crippen molar-refractivity contribution < 1.29 is 19.4 Å². The van der Waals surface area contributed by atoms with Crippen molar-refractivity contribution in [2.24, 2.45) is 11.8 Å². The third-order valence-corrected chi connectivity index (χ3v) is 3.36. The molecule has 4 atom stereocenters. The van der Waals surface area contributed by atoms with Crippen LogP contribution in [-0.2, 0) is 14.3 Å². The zero-order chi connectivity index (χ0) is 14.8. The molecule has 19 heavy (non-hydrogen) atoms. The Labute approximate surface area is 115 Å². The van der Waals surface area contributed by atoms with Crippen LogP contribution in [0.15, 0.2) is 0 Å². The highest BCUT2D eigenvalue weighted by Gasteiger charge is 2.57. The second-order valence-electron chi connectivity index (χ2n) is 5.97. The first-order valence-corrected chi connectivity index (χ1v) is 6.75. The van der Waals surface area contributed by atoms with E-state index < -0.39 is 23.8 Å². The average Bonchev–Trinajstić information content (AvgIpc) is 2.53. The quantitative estimate of drug-likeness (QED) is 0.623. The van der Waals surface area contributed by atoms with Crippen LogP contribution < -0.4 is 0 Å². The lowest BCUT2D eigenvalue weighted by Crippen LogP contribution is -2.50. The smallest absolute Gasteiger partial charge is 0.303 e. The summed E-state index contributed by atoms with van der Waals surface area (Å²) >= 11 is 0. The highest BCUT2D eigenvalue weighted by molar-refractivity contribution is 5.66. The van der Waals surface area contributed by atoms with E-state index in [4.69, 9.17) is 15.9 Å². The Hall–Kier alpha value is -1.05. The molecule has 1 rings (SSSR count). The highest BCUT2D eigenvalue weighted by atomic mass is 16.6. The summed E-state index contributed by atoms with van der Waals surface area (Å²) in [7, 11) is 0. The van der Waals surface area contributed by atoms with E-state index in [1.807, 2.05) is 27.7 Å². The molecule has 108 valence electrons. The maximum atomic E-state index is 11.3. The monoisotopic (exact) mass is 268 g/mol. The van der Waals surface area contributed by atoms with Gasteiger partial charge < -0.3 is 14.6 Å². The molecule has 1 aliphatic rings. The van der Waals surface area contributed by atoms with Crippen LogP contribution in [0.3, 0.4) is 0 Å². The number of hydrogen-bond donors (Lipinski definition) is 1. The number of rotatable bonds is 4. The van der Waals surface area contributed by atoms with E-state index in [1.54, 1.807) is 0 Å². The lowest BCUT2D eigenvalue weighted by Gasteiger charge is -2.30. The van der Waals surface area contributed by atoms with Crippen LogP contribution in [0.1, 0.15) is 41.0 Å². The second-order valence-corrected chi connectivity index (χ2v) is 5.97. The van der Waals surface area contributed by atoms with E-state index >= 15 is 0 Å². The van der Waals surface area contributed by atoms with Gasteiger partial charge in [0.1, 0.15) is 6.10 Å². The van der Waals surface area contributed by atoms with Gasteiger partial charge in [-0.3, -0.25) is 4.79 Å². The van der Waals surface area contributed by atoms with Gasteiger partial charge in [0.2, 0.25) is 0 Å². The Bertz CT molecular complexity index is 369. The molecule has 1 aliphatic heterocycles. The van der Waals surface area contributed by atoms with Crippen molar-refractivity contribution in [1.29, 1.82) is 0 Å². The molecule has 4 nitrogen and oxygen atoms in total. The van der Waals surface area contributed by atoms with E-state index in [0.29, 0.717) is 12.3 Å². The van der Waals surface area contributed by atoms with Gasteiger partial charge in [-0.25, -0.2) is 0 Å². The number of ether oxygens (including phenoxy) is 2. The fourth-order valence-corrected chi connectivity index (χ4v) is 2.63. The predicted octanol–water partition coefficient (Wildman–Crippen LogP) is 1.75. The standard InChI is InChI=1S/C15H24O4/c1-7-15(17)13(10(4)5)19-12(8-9(2)3)14(15)18-11(6)16/h1,9-10,12-14,17H,8H2,2-6H3/t12-,13+,14-,15+/m1/s1. The van der Waals surface area contributed by atoms with Crippen LogP contribution in [0.4, 0.5) is 0 Å². The summed E-state index contributed by atoms with van der Waals surface area (Å²) in [6, 6.07) is 0. The fraction of sp³-hybridized carbons (Fsp3) is 0.800. The van der Waals surface area contributed by atoms with Gasteiger partial charge in [-0.15, -0.1) is 6.42 Å². The van der Waals surface area contributed by atoms with Gasteiger partial charge in [-0.2, -0.15) is 0 Å². The van der Waals surface area contributed by atoms with Gasteiger partial charge in [0.25, 0.3) is 0 Å². The van der Waals surface area contributed by atoms with Crippen molar-refractivity contribution >= 4 is 5.97 Å². The van der Waals surface area contributed by atoms with Crippen molar-refractivity contribution in [3.63, 3.8) is 0 Å². The van der Waals surface area contributed by atoms with Crippen molar-refractivity contribution in [1.82, 2.24) is 0 Å². The molecule has 0 aromatic heterocycles. The number of carbonyl (C=O) groups is 1. The van der Waals surface area contributed by atoms with Crippen LogP contribution in [0.5, 0.6) is 0 Å². The molecule has 0 aromatic carbocycles. The SMILES string of the molecule is C#C[C@@]1(O)[C@H](OC(C)=O)[C@@H](CC(C)C)O[C@H]1C(C)C. The van der Waals surface area contributed by atoms with Crippen molar-refractivity contribution in [2.45, 2.75) is 65.0 Å². The summed E-state index contributed by atoms with van der Waals surface area (Å²) in [5.74, 6) is 2.32. The first-order chi connectivity index (χ1) is 8.72. The van der Waals surface area contributed by atoms with Gasteiger partial charge in [-0.05, 0) is 18.3 Å². The van der Waals surface area contributed by atoms with E-state index in [2.05, 4.69) is 5.92 Å². The van der Waals surface area contributed by atoms with E-state index in [1.165, 1.54) is 6.92 Å². The summed E-state index contributed by atoms with van der Waals surface area (Å²) in [4.78, 5) is 11.3.